The summed E-state index contributed by atoms with van der Waals surface area (Å²) < 4.78 is 0. The maximum Gasteiger partial charge on any atom is 0.224 e. The van der Waals surface area contributed by atoms with E-state index in [1.54, 1.807) is 0 Å². The third-order valence-corrected chi connectivity index (χ3v) is 3.14. The number of rotatable bonds is 4. The summed E-state index contributed by atoms with van der Waals surface area (Å²) in [6, 6.07) is 0.288. The molecule has 2 N–H and O–H groups in total. The molecule has 1 amide bonds. The smallest absolute Gasteiger partial charge is 0.224 e. The van der Waals surface area contributed by atoms with Crippen LogP contribution in [-0.2, 0) is 4.79 Å². The maximum absolute atomic E-state index is 11.9. The van der Waals surface area contributed by atoms with Crippen molar-refractivity contribution in [2.75, 3.05) is 6.54 Å². The Bertz CT molecular complexity index is 209. The number of nitrogens with two attached hydrogens (primary N) is 1. The van der Waals surface area contributed by atoms with Gasteiger partial charge in [-0.2, -0.15) is 0 Å². The second-order valence-corrected chi connectivity index (χ2v) is 4.67. The van der Waals surface area contributed by atoms with Gasteiger partial charge in [0.15, 0.2) is 0 Å². The third-order valence-electron chi connectivity index (χ3n) is 3.14. The second-order valence-electron chi connectivity index (χ2n) is 4.67. The molecule has 3 nitrogen and oxygen atoms in total. The standard InChI is InChI=1S/C11H22N2O/c1-4-13(9(2)3)10(14)8-11(12)6-5-7-11/h9H,4-8,12H2,1-3H3. The van der Waals surface area contributed by atoms with Crippen LogP contribution in [0.25, 0.3) is 0 Å². The molecule has 14 heavy (non-hydrogen) atoms. The Kier molecular flexibility index (Phi) is 3.53. The molecule has 0 saturated heterocycles. The van der Waals surface area contributed by atoms with E-state index >= 15 is 0 Å². The fourth-order valence-electron chi connectivity index (χ4n) is 2.04. The number of hydrogen-bond donors (Lipinski definition) is 1. The zero-order chi connectivity index (χ0) is 10.8. The van der Waals surface area contributed by atoms with Crippen LogP contribution in [0.3, 0.4) is 0 Å². The molecule has 0 aliphatic heterocycles. The Morgan fingerprint density at radius 1 is 1.50 bits per heavy atom. The minimum Gasteiger partial charge on any atom is -0.340 e. The van der Waals surface area contributed by atoms with Crippen LogP contribution >= 0.6 is 0 Å². The fraction of sp³-hybridized carbons (Fsp3) is 0.909. The normalized spacial score (nSPS) is 19.2. The average molecular weight is 198 g/mol. The van der Waals surface area contributed by atoms with E-state index in [0.29, 0.717) is 6.42 Å². The van der Waals surface area contributed by atoms with Crippen LogP contribution in [0.5, 0.6) is 0 Å². The first-order valence-corrected chi connectivity index (χ1v) is 5.57. The predicted molar refractivity (Wildman–Crippen MR) is 57.9 cm³/mol. The van der Waals surface area contributed by atoms with Gasteiger partial charge in [-0.05, 0) is 40.0 Å². The summed E-state index contributed by atoms with van der Waals surface area (Å²) in [6.07, 6.45) is 3.72. The third kappa shape index (κ3) is 2.47. The molecule has 0 spiro atoms. The number of nitrogens with zero attached hydrogens (tertiary/aromatic N) is 1. The van der Waals surface area contributed by atoms with E-state index in [0.717, 1.165) is 19.4 Å². The SMILES string of the molecule is CCN(C(=O)CC1(N)CCC1)C(C)C. The summed E-state index contributed by atoms with van der Waals surface area (Å²) in [4.78, 5) is 13.8. The molecule has 0 aromatic heterocycles. The van der Waals surface area contributed by atoms with Gasteiger partial charge < -0.3 is 10.6 Å². The lowest BCUT2D eigenvalue weighted by atomic mass is 9.75. The Balaban J connectivity index is 2.47. The molecule has 1 rings (SSSR count). The topological polar surface area (TPSA) is 46.3 Å². The van der Waals surface area contributed by atoms with Crippen molar-refractivity contribution in [1.82, 2.24) is 4.90 Å². The second kappa shape index (κ2) is 4.30. The lowest BCUT2D eigenvalue weighted by molar-refractivity contribution is -0.134. The van der Waals surface area contributed by atoms with E-state index in [4.69, 9.17) is 5.73 Å². The highest BCUT2D eigenvalue weighted by molar-refractivity contribution is 5.77. The molecule has 3 heteroatoms. The zero-order valence-electron chi connectivity index (χ0n) is 9.55. The van der Waals surface area contributed by atoms with Gasteiger partial charge in [0.25, 0.3) is 0 Å². The van der Waals surface area contributed by atoms with E-state index in [1.165, 1.54) is 6.42 Å². The number of carbonyl (C=O) groups excluding carboxylic acids is 1. The average Bonchev–Trinajstić information content (AvgIpc) is 2.01. The van der Waals surface area contributed by atoms with Crippen LogP contribution in [0.4, 0.5) is 0 Å². The zero-order valence-corrected chi connectivity index (χ0v) is 9.55. The Labute approximate surface area is 86.6 Å². The van der Waals surface area contributed by atoms with Crippen LogP contribution in [-0.4, -0.2) is 28.9 Å². The largest absolute Gasteiger partial charge is 0.340 e. The van der Waals surface area contributed by atoms with Crippen LogP contribution < -0.4 is 5.73 Å². The van der Waals surface area contributed by atoms with Crippen molar-refractivity contribution in [1.29, 1.82) is 0 Å². The maximum atomic E-state index is 11.9. The highest BCUT2D eigenvalue weighted by Crippen LogP contribution is 2.32. The molecule has 1 aliphatic carbocycles. The highest BCUT2D eigenvalue weighted by Gasteiger charge is 2.36. The highest BCUT2D eigenvalue weighted by atomic mass is 16.2. The number of carbonyl (C=O) groups is 1. The summed E-state index contributed by atoms with van der Waals surface area (Å²) in [5, 5.41) is 0. The molecular weight excluding hydrogens is 176 g/mol. The first-order chi connectivity index (χ1) is 6.48. The summed E-state index contributed by atoms with van der Waals surface area (Å²) >= 11 is 0. The minimum atomic E-state index is -0.181. The first kappa shape index (κ1) is 11.5. The minimum absolute atomic E-state index is 0.181. The van der Waals surface area contributed by atoms with Gasteiger partial charge in [0.05, 0.1) is 0 Å². The summed E-state index contributed by atoms with van der Waals surface area (Å²) in [7, 11) is 0. The van der Waals surface area contributed by atoms with Crippen molar-refractivity contribution in [3.63, 3.8) is 0 Å². The molecule has 0 heterocycles. The molecule has 0 atom stereocenters. The molecule has 1 saturated carbocycles. The first-order valence-electron chi connectivity index (χ1n) is 5.57. The van der Waals surface area contributed by atoms with Gasteiger partial charge in [0.1, 0.15) is 0 Å². The lowest BCUT2D eigenvalue weighted by Crippen LogP contribution is -2.51. The van der Waals surface area contributed by atoms with Crippen LogP contribution in [0.15, 0.2) is 0 Å². The van der Waals surface area contributed by atoms with Crippen LogP contribution in [0.2, 0.25) is 0 Å². The lowest BCUT2D eigenvalue weighted by Gasteiger charge is -2.39. The Morgan fingerprint density at radius 3 is 2.36 bits per heavy atom. The Morgan fingerprint density at radius 2 is 2.07 bits per heavy atom. The molecule has 82 valence electrons. The summed E-state index contributed by atoms with van der Waals surface area (Å²) in [5.74, 6) is 0.213. The van der Waals surface area contributed by atoms with Gasteiger partial charge in [0, 0.05) is 24.5 Å². The van der Waals surface area contributed by atoms with Gasteiger partial charge >= 0.3 is 0 Å². The van der Waals surface area contributed by atoms with Crippen molar-refractivity contribution in [3.05, 3.63) is 0 Å². The van der Waals surface area contributed by atoms with E-state index in [2.05, 4.69) is 0 Å². The monoisotopic (exact) mass is 198 g/mol. The van der Waals surface area contributed by atoms with Crippen molar-refractivity contribution in [2.45, 2.75) is 58.0 Å². The number of amides is 1. The van der Waals surface area contributed by atoms with Gasteiger partial charge in [-0.1, -0.05) is 0 Å². The quantitative estimate of drug-likeness (QED) is 0.744. The molecule has 0 bridgehead atoms. The molecule has 1 fully saturated rings. The Hall–Kier alpha value is -0.570. The van der Waals surface area contributed by atoms with Crippen molar-refractivity contribution in [2.24, 2.45) is 5.73 Å². The molecule has 0 radical (unpaired) electrons. The van der Waals surface area contributed by atoms with Gasteiger partial charge in [-0.3, -0.25) is 4.79 Å². The number of hydrogen-bond acceptors (Lipinski definition) is 2. The van der Waals surface area contributed by atoms with E-state index in [-0.39, 0.29) is 17.5 Å². The fourth-order valence-corrected chi connectivity index (χ4v) is 2.04. The molecule has 0 aromatic carbocycles. The van der Waals surface area contributed by atoms with Crippen LogP contribution in [0.1, 0.15) is 46.5 Å². The van der Waals surface area contributed by atoms with E-state index in [1.807, 2.05) is 25.7 Å². The predicted octanol–water partition coefficient (Wildman–Crippen LogP) is 1.51. The van der Waals surface area contributed by atoms with Crippen molar-refractivity contribution in [3.8, 4) is 0 Å². The summed E-state index contributed by atoms with van der Waals surface area (Å²) in [5.41, 5.74) is 5.87. The molecular formula is C11H22N2O. The molecule has 0 aromatic rings. The van der Waals surface area contributed by atoms with Gasteiger partial charge in [-0.25, -0.2) is 0 Å². The van der Waals surface area contributed by atoms with E-state index < -0.39 is 0 Å². The van der Waals surface area contributed by atoms with Crippen LogP contribution in [0, 0.1) is 0 Å². The van der Waals surface area contributed by atoms with Crippen molar-refractivity contribution < 1.29 is 4.79 Å². The summed E-state index contributed by atoms with van der Waals surface area (Å²) in [6.45, 7) is 6.89. The van der Waals surface area contributed by atoms with Crippen molar-refractivity contribution >= 4 is 5.91 Å². The molecule has 1 aliphatic rings. The van der Waals surface area contributed by atoms with Gasteiger partial charge in [-0.15, -0.1) is 0 Å². The molecule has 0 unspecified atom stereocenters. The van der Waals surface area contributed by atoms with E-state index in [9.17, 15) is 4.79 Å². The van der Waals surface area contributed by atoms with Gasteiger partial charge in [0.2, 0.25) is 5.91 Å².